The Bertz CT molecular complexity index is 1880. The van der Waals surface area contributed by atoms with Crippen molar-refractivity contribution in [3.63, 3.8) is 0 Å². The van der Waals surface area contributed by atoms with E-state index in [1.54, 1.807) is 24.5 Å². The molecule has 0 atom stereocenters. The number of nitro benzene ring substituents is 1. The molecule has 0 spiro atoms. The minimum Gasteiger partial charge on any atom is -1.00 e. The van der Waals surface area contributed by atoms with Crippen molar-refractivity contribution in [2.45, 2.75) is 86.0 Å². The Balaban J connectivity index is 0. The Morgan fingerprint density at radius 1 is 0.571 bits per heavy atom. The van der Waals surface area contributed by atoms with Crippen molar-refractivity contribution in [2.24, 2.45) is 9.98 Å². The molecule has 0 N–H and O–H groups in total. The van der Waals surface area contributed by atoms with Gasteiger partial charge in [0.1, 0.15) is 0 Å². The quantitative estimate of drug-likeness (QED) is 0.0810. The van der Waals surface area contributed by atoms with Crippen LogP contribution in [0.3, 0.4) is 0 Å². The topological polar surface area (TPSA) is 93.6 Å². The van der Waals surface area contributed by atoms with Gasteiger partial charge in [-0.15, -0.1) is 0 Å². The van der Waals surface area contributed by atoms with Crippen molar-refractivity contribution in [3.8, 4) is 22.3 Å². The second-order valence-electron chi connectivity index (χ2n) is 14.1. The van der Waals surface area contributed by atoms with E-state index in [9.17, 15) is 10.1 Å². The van der Waals surface area contributed by atoms with E-state index in [0.29, 0.717) is 0 Å². The molecular formula is C43H47Br4N5O2Pd2-4. The average molecular weight is 1200 g/mol. The van der Waals surface area contributed by atoms with Crippen LogP contribution in [-0.4, -0.2) is 27.3 Å². The van der Waals surface area contributed by atoms with E-state index in [0.717, 1.165) is 72.8 Å². The van der Waals surface area contributed by atoms with Crippen molar-refractivity contribution in [1.29, 1.82) is 0 Å². The number of nitrogens with zero attached hydrogens (tertiary/aromatic N) is 5. The van der Waals surface area contributed by atoms with Gasteiger partial charge in [0.15, 0.2) is 0 Å². The molecule has 3 aromatic carbocycles. The van der Waals surface area contributed by atoms with Crippen LogP contribution in [0.4, 0.5) is 17.1 Å². The molecule has 0 aliphatic rings. The van der Waals surface area contributed by atoms with Gasteiger partial charge in [0, 0.05) is 65.4 Å². The minimum atomic E-state index is -0.289. The molecule has 0 fully saturated rings. The first-order chi connectivity index (χ1) is 23.8. The number of benzene rings is 3. The summed E-state index contributed by atoms with van der Waals surface area (Å²) in [6.07, 6.45) is 7.15. The molecule has 7 nitrogen and oxygen atoms in total. The zero-order valence-electron chi connectivity index (χ0n) is 32.7. The predicted octanol–water partition coefficient (Wildman–Crippen LogP) is 0.0330. The second kappa shape index (κ2) is 25.4. The number of halogens is 4. The molecule has 0 radical (unpaired) electrons. The van der Waals surface area contributed by atoms with Crippen molar-refractivity contribution in [3.05, 3.63) is 135 Å². The summed E-state index contributed by atoms with van der Waals surface area (Å²) in [6.45, 7) is 19.4. The van der Waals surface area contributed by atoms with E-state index in [2.05, 4.69) is 96.5 Å². The van der Waals surface area contributed by atoms with Gasteiger partial charge in [-0.05, 0) is 129 Å². The normalized spacial score (nSPS) is 10.7. The summed E-state index contributed by atoms with van der Waals surface area (Å²) in [5.74, 6) is 0.678. The van der Waals surface area contributed by atoms with Crippen LogP contribution < -0.4 is 67.9 Å². The smallest absolute Gasteiger partial charge is 0.270 e. The van der Waals surface area contributed by atoms with Gasteiger partial charge < -0.3 is 67.9 Å². The Morgan fingerprint density at radius 3 is 1.14 bits per heavy atom. The standard InChI is InChI=1S/C43H47N5O2.4BrH.2Pd/c1-26(2)36-18-31(19-37(27(3)4)42(36)46-24-33-14-10-12-16-44-33)40-22-35(48(49)50)23-41(30(40)9)32-20-38(28(5)6)43(39(21-32)29(7)8)47-25-34-15-11-13-17-45-34;;;;;;/h10-29H,1-9H3;4*1H;;/p-4. The van der Waals surface area contributed by atoms with E-state index in [-0.39, 0.29) is 143 Å². The maximum absolute atomic E-state index is 12.5. The number of nitro groups is 1. The van der Waals surface area contributed by atoms with Crippen LogP contribution in [0.25, 0.3) is 22.3 Å². The van der Waals surface area contributed by atoms with E-state index in [1.165, 1.54) is 0 Å². The van der Waals surface area contributed by atoms with Crippen LogP contribution >= 0.6 is 0 Å². The Kier molecular flexibility index (Phi) is 25.5. The van der Waals surface area contributed by atoms with Gasteiger partial charge >= 0.3 is 0 Å². The summed E-state index contributed by atoms with van der Waals surface area (Å²) in [5.41, 5.74) is 12.4. The number of non-ortho nitro benzene ring substituents is 1. The Morgan fingerprint density at radius 2 is 0.893 bits per heavy atom. The minimum absolute atomic E-state index is 0. The Labute approximate surface area is 402 Å². The largest absolute Gasteiger partial charge is 1.00 e. The third-order valence-corrected chi connectivity index (χ3v) is 9.08. The summed E-state index contributed by atoms with van der Waals surface area (Å²) in [5, 5.41) is 12.5. The van der Waals surface area contributed by atoms with E-state index >= 15 is 0 Å². The maximum atomic E-state index is 12.5. The first-order valence-electron chi connectivity index (χ1n) is 17.4. The van der Waals surface area contributed by atoms with Crippen LogP contribution in [-0.2, 0) is 40.8 Å². The number of hydrogen-bond acceptors (Lipinski definition) is 6. The molecule has 13 heteroatoms. The third kappa shape index (κ3) is 13.5. The summed E-state index contributed by atoms with van der Waals surface area (Å²) < 4.78 is 0. The molecule has 0 aliphatic carbocycles. The molecule has 0 saturated carbocycles. The van der Waals surface area contributed by atoms with Gasteiger partial charge in [0.2, 0.25) is 0 Å². The zero-order valence-corrected chi connectivity index (χ0v) is 42.2. The number of aliphatic imine (C=N–C) groups is 2. The fourth-order valence-corrected chi connectivity index (χ4v) is 6.30. The van der Waals surface area contributed by atoms with Crippen molar-refractivity contribution in [2.75, 3.05) is 0 Å². The van der Waals surface area contributed by atoms with Crippen LogP contribution in [0.5, 0.6) is 0 Å². The van der Waals surface area contributed by atoms with Crippen molar-refractivity contribution in [1.82, 2.24) is 9.97 Å². The number of aromatic nitrogens is 2. The van der Waals surface area contributed by atoms with Gasteiger partial charge in [0.25, 0.3) is 5.69 Å². The fraction of sp³-hybridized carbons (Fsp3) is 0.302. The van der Waals surface area contributed by atoms with E-state index in [1.807, 2.05) is 48.8 Å². The number of pyridine rings is 2. The molecule has 56 heavy (non-hydrogen) atoms. The first-order valence-corrected chi connectivity index (χ1v) is 17.4. The number of hydrogen-bond donors (Lipinski definition) is 0. The van der Waals surface area contributed by atoms with Crippen molar-refractivity contribution >= 4 is 29.5 Å². The van der Waals surface area contributed by atoms with Gasteiger partial charge in [-0.2, -0.15) is 0 Å². The fourth-order valence-electron chi connectivity index (χ4n) is 6.30. The summed E-state index contributed by atoms with van der Waals surface area (Å²) in [6, 6.07) is 23.6. The average Bonchev–Trinajstić information content (AvgIpc) is 3.09. The SMILES string of the molecule is Cc1c(-c2cc(C(C)C)c(N=Cc3ccccn3)c(C(C)C)c2)cc([N+](=O)[O-])cc1-c1cc(C(C)C)c(N=Cc2ccccn2)c(C(C)C)c1.[Br-].[Br-].[Br-].[Br-].[Pd].[Pd]. The van der Waals surface area contributed by atoms with Crippen LogP contribution in [0, 0.1) is 17.0 Å². The third-order valence-electron chi connectivity index (χ3n) is 9.08. The predicted molar refractivity (Wildman–Crippen MR) is 208 cm³/mol. The van der Waals surface area contributed by atoms with Crippen LogP contribution in [0.2, 0.25) is 0 Å². The molecule has 0 unspecified atom stereocenters. The van der Waals surface area contributed by atoms with Gasteiger partial charge in [0.05, 0.1) is 40.1 Å². The van der Waals surface area contributed by atoms with Gasteiger partial charge in [-0.1, -0.05) is 67.5 Å². The molecule has 0 amide bonds. The Hall–Kier alpha value is -2.06. The zero-order chi connectivity index (χ0) is 36.1. The van der Waals surface area contributed by atoms with Gasteiger partial charge in [-0.25, -0.2) is 0 Å². The maximum Gasteiger partial charge on any atom is 0.270 e. The van der Waals surface area contributed by atoms with E-state index < -0.39 is 0 Å². The summed E-state index contributed by atoms with van der Waals surface area (Å²) in [4.78, 5) is 31.0. The molecule has 5 rings (SSSR count). The summed E-state index contributed by atoms with van der Waals surface area (Å²) >= 11 is 0. The van der Waals surface area contributed by atoms with Crippen LogP contribution in [0.15, 0.2) is 95.2 Å². The summed E-state index contributed by atoms with van der Waals surface area (Å²) in [7, 11) is 0. The van der Waals surface area contributed by atoms with E-state index in [4.69, 9.17) is 9.98 Å². The van der Waals surface area contributed by atoms with Crippen molar-refractivity contribution < 1.29 is 114 Å². The second-order valence-corrected chi connectivity index (χ2v) is 14.1. The molecular weight excluding hydrogens is 1150 g/mol. The monoisotopic (exact) mass is 1190 g/mol. The first kappa shape index (κ1) is 56.0. The molecule has 2 aromatic heterocycles. The molecule has 0 aliphatic heterocycles. The van der Waals surface area contributed by atoms with Gasteiger partial charge in [-0.3, -0.25) is 30.1 Å². The number of rotatable bonds is 11. The molecule has 2 heterocycles. The molecule has 0 bridgehead atoms. The molecule has 0 saturated heterocycles. The van der Waals surface area contributed by atoms with Crippen LogP contribution in [0.1, 0.15) is 118 Å². The molecule has 308 valence electrons. The molecule has 5 aromatic rings.